The van der Waals surface area contributed by atoms with E-state index in [0.717, 1.165) is 46.5 Å². The van der Waals surface area contributed by atoms with E-state index in [0.29, 0.717) is 11.7 Å². The van der Waals surface area contributed by atoms with Crippen LogP contribution in [0.1, 0.15) is 48.4 Å². The average molecular weight is 443 g/mol. The number of rotatable bonds is 6. The molecule has 0 saturated heterocycles. The normalized spacial score (nSPS) is 14.0. The number of hydrazone groups is 1. The molecule has 0 unspecified atom stereocenters. The monoisotopic (exact) mass is 442 g/mol. The van der Waals surface area contributed by atoms with Crippen molar-refractivity contribution in [1.82, 2.24) is 5.43 Å². The van der Waals surface area contributed by atoms with E-state index in [4.69, 9.17) is 4.84 Å². The minimum absolute atomic E-state index is 0.264. The first-order valence-corrected chi connectivity index (χ1v) is 10.8. The van der Waals surface area contributed by atoms with E-state index < -0.39 is 6.03 Å². The smallest absolute Gasteiger partial charge is 0.339 e. The molecule has 0 fully saturated rings. The fourth-order valence-corrected chi connectivity index (χ4v) is 3.70. The molecule has 7 heteroatoms. The number of hydrogen-bond donors (Lipinski definition) is 3. The number of carbonyl (C=O) groups excluding carboxylic acids is 1. The molecule has 0 radical (unpaired) electrons. The predicted octanol–water partition coefficient (Wildman–Crippen LogP) is 5.40. The number of urea groups is 1. The summed E-state index contributed by atoms with van der Waals surface area (Å²) >= 11 is 0. The van der Waals surface area contributed by atoms with Crippen molar-refractivity contribution in [1.29, 1.82) is 0 Å². The number of fused-ring (bicyclic) bond motifs is 1. The largest absolute Gasteiger partial charge is 0.508 e. The van der Waals surface area contributed by atoms with Crippen LogP contribution in [0.15, 0.2) is 77.0 Å². The Kier molecular flexibility index (Phi) is 6.69. The van der Waals surface area contributed by atoms with E-state index in [1.54, 1.807) is 30.5 Å². The second kappa shape index (κ2) is 9.99. The number of benzene rings is 3. The lowest BCUT2D eigenvalue weighted by molar-refractivity contribution is 0.252. The molecule has 4 rings (SSSR count). The number of nitrogens with one attached hydrogen (secondary N) is 2. The number of nitrogens with zero attached hydrogens (tertiary/aromatic N) is 2. The van der Waals surface area contributed by atoms with Gasteiger partial charge in [0.1, 0.15) is 5.75 Å². The summed E-state index contributed by atoms with van der Waals surface area (Å²) in [4.78, 5) is 17.7. The van der Waals surface area contributed by atoms with Crippen LogP contribution in [0, 0.1) is 0 Å². The number of carbonyl (C=O) groups is 1. The van der Waals surface area contributed by atoms with Crippen molar-refractivity contribution in [3.8, 4) is 11.5 Å². The third-order valence-electron chi connectivity index (χ3n) is 5.38. The van der Waals surface area contributed by atoms with E-state index in [1.807, 2.05) is 42.5 Å². The zero-order valence-electron chi connectivity index (χ0n) is 18.6. The highest BCUT2D eigenvalue weighted by Gasteiger charge is 2.18. The SMILES string of the molecule is CC(C)c1ccccc1NC(=O)N/N=C/c1ccc(O/N=C2\CCc3cc(O)ccc32)cc1. The van der Waals surface area contributed by atoms with Gasteiger partial charge in [0.25, 0.3) is 0 Å². The van der Waals surface area contributed by atoms with Gasteiger partial charge >= 0.3 is 6.03 Å². The zero-order valence-corrected chi connectivity index (χ0v) is 18.6. The van der Waals surface area contributed by atoms with Gasteiger partial charge in [-0.2, -0.15) is 5.10 Å². The molecule has 0 heterocycles. The Morgan fingerprint density at radius 1 is 1.06 bits per heavy atom. The highest BCUT2D eigenvalue weighted by atomic mass is 16.6. The van der Waals surface area contributed by atoms with Crippen LogP contribution in [-0.4, -0.2) is 23.1 Å². The molecule has 0 aromatic heterocycles. The Labute approximate surface area is 192 Å². The number of phenolic OH excluding ortho intramolecular Hbond substituents is 1. The Balaban J connectivity index is 1.31. The van der Waals surface area contributed by atoms with Crippen molar-refractivity contribution in [3.63, 3.8) is 0 Å². The van der Waals surface area contributed by atoms with E-state index in [-0.39, 0.29) is 5.75 Å². The molecule has 0 atom stereocenters. The van der Waals surface area contributed by atoms with E-state index in [2.05, 4.69) is 34.8 Å². The summed E-state index contributed by atoms with van der Waals surface area (Å²) in [6.07, 6.45) is 3.17. The van der Waals surface area contributed by atoms with Crippen LogP contribution in [0.25, 0.3) is 0 Å². The number of phenols is 1. The Bertz CT molecular complexity index is 1200. The first kappa shape index (κ1) is 22.1. The summed E-state index contributed by atoms with van der Waals surface area (Å²) in [5, 5.41) is 20.7. The van der Waals surface area contributed by atoms with Crippen LogP contribution in [-0.2, 0) is 6.42 Å². The number of anilines is 1. The predicted molar refractivity (Wildman–Crippen MR) is 130 cm³/mol. The molecule has 3 aromatic rings. The van der Waals surface area contributed by atoms with Crippen molar-refractivity contribution in [3.05, 3.63) is 89.0 Å². The highest BCUT2D eigenvalue weighted by molar-refractivity contribution is 6.04. The molecule has 0 bridgehead atoms. The van der Waals surface area contributed by atoms with Crippen LogP contribution in [0.2, 0.25) is 0 Å². The number of hydrogen-bond acceptors (Lipinski definition) is 5. The first-order chi connectivity index (χ1) is 16.0. The number of oxime groups is 1. The maximum atomic E-state index is 12.2. The highest BCUT2D eigenvalue weighted by Crippen LogP contribution is 2.27. The van der Waals surface area contributed by atoms with Gasteiger partial charge in [0.05, 0.1) is 11.9 Å². The molecule has 7 nitrogen and oxygen atoms in total. The molecule has 1 aliphatic carbocycles. The lowest BCUT2D eigenvalue weighted by Gasteiger charge is -2.12. The number of para-hydroxylation sites is 1. The van der Waals surface area contributed by atoms with Gasteiger partial charge in [0.2, 0.25) is 0 Å². The van der Waals surface area contributed by atoms with Crippen LogP contribution >= 0.6 is 0 Å². The van der Waals surface area contributed by atoms with E-state index in [1.165, 1.54) is 0 Å². The van der Waals surface area contributed by atoms with Gasteiger partial charge in [-0.3, -0.25) is 0 Å². The summed E-state index contributed by atoms with van der Waals surface area (Å²) < 4.78 is 0. The molecule has 0 spiro atoms. The summed E-state index contributed by atoms with van der Waals surface area (Å²) in [6.45, 7) is 4.16. The molecule has 0 saturated carbocycles. The maximum Gasteiger partial charge on any atom is 0.339 e. The van der Waals surface area contributed by atoms with Crippen LogP contribution in [0.4, 0.5) is 10.5 Å². The second-order valence-corrected chi connectivity index (χ2v) is 8.11. The molecule has 3 aromatic carbocycles. The number of aryl methyl sites for hydroxylation is 1. The summed E-state index contributed by atoms with van der Waals surface area (Å²) in [6, 6.07) is 19.8. The summed E-state index contributed by atoms with van der Waals surface area (Å²) in [7, 11) is 0. The van der Waals surface area contributed by atoms with Gasteiger partial charge in [-0.15, -0.1) is 0 Å². The molecule has 168 valence electrons. The van der Waals surface area contributed by atoms with Gasteiger partial charge in [0.15, 0.2) is 5.75 Å². The number of amides is 2. The van der Waals surface area contributed by atoms with Gasteiger partial charge < -0.3 is 15.3 Å². The summed E-state index contributed by atoms with van der Waals surface area (Å²) in [5.74, 6) is 1.16. The molecule has 0 aliphatic heterocycles. The van der Waals surface area contributed by atoms with Crippen molar-refractivity contribution < 1.29 is 14.7 Å². The third kappa shape index (κ3) is 5.57. The van der Waals surface area contributed by atoms with Gasteiger partial charge in [0, 0.05) is 11.3 Å². The van der Waals surface area contributed by atoms with Gasteiger partial charge in [-0.05, 0) is 84.0 Å². The van der Waals surface area contributed by atoms with Crippen LogP contribution in [0.3, 0.4) is 0 Å². The third-order valence-corrected chi connectivity index (χ3v) is 5.38. The minimum atomic E-state index is -0.403. The van der Waals surface area contributed by atoms with Crippen LogP contribution < -0.4 is 15.6 Å². The van der Waals surface area contributed by atoms with Gasteiger partial charge in [-0.25, -0.2) is 10.2 Å². The lowest BCUT2D eigenvalue weighted by Crippen LogP contribution is -2.24. The van der Waals surface area contributed by atoms with Gasteiger partial charge in [-0.1, -0.05) is 37.2 Å². The quantitative estimate of drug-likeness (QED) is 0.352. The number of aromatic hydroxyl groups is 1. The zero-order chi connectivity index (χ0) is 23.2. The maximum absolute atomic E-state index is 12.2. The van der Waals surface area contributed by atoms with Crippen molar-refractivity contribution >= 4 is 23.6 Å². The molecular formula is C26H26N4O3. The standard InChI is InChI=1S/C26H26N4O3/c1-17(2)22-5-3-4-6-24(22)28-26(32)29-27-16-18-7-11-21(12-8-18)33-30-25-14-9-19-15-20(31)10-13-23(19)25/h3-8,10-13,15-17,31H,9,14H2,1-2H3,(H2,28,29,32)/b27-16+,30-25+. The van der Waals surface area contributed by atoms with Crippen molar-refractivity contribution in [2.75, 3.05) is 5.32 Å². The fourth-order valence-electron chi connectivity index (χ4n) is 3.70. The Morgan fingerprint density at radius 2 is 1.85 bits per heavy atom. The van der Waals surface area contributed by atoms with Crippen LogP contribution in [0.5, 0.6) is 11.5 Å². The van der Waals surface area contributed by atoms with E-state index in [9.17, 15) is 9.90 Å². The second-order valence-electron chi connectivity index (χ2n) is 8.11. The minimum Gasteiger partial charge on any atom is -0.508 e. The Morgan fingerprint density at radius 3 is 2.64 bits per heavy atom. The average Bonchev–Trinajstić information content (AvgIpc) is 3.20. The molecule has 3 N–H and O–H groups in total. The molecule has 33 heavy (non-hydrogen) atoms. The van der Waals surface area contributed by atoms with E-state index >= 15 is 0 Å². The molecule has 1 aliphatic rings. The molecular weight excluding hydrogens is 416 g/mol. The summed E-state index contributed by atoms with van der Waals surface area (Å²) in [5.41, 5.74) is 8.08. The topological polar surface area (TPSA) is 95.3 Å². The van der Waals surface area contributed by atoms with Crippen molar-refractivity contribution in [2.24, 2.45) is 10.3 Å². The fraction of sp³-hybridized carbons (Fsp3) is 0.192. The van der Waals surface area contributed by atoms with Crippen molar-refractivity contribution in [2.45, 2.75) is 32.6 Å². The lowest BCUT2D eigenvalue weighted by atomic mass is 10.0. The molecule has 2 amide bonds. The first-order valence-electron chi connectivity index (χ1n) is 10.8. The Hall–Kier alpha value is -4.13.